The van der Waals surface area contributed by atoms with Crippen LogP contribution in [0.1, 0.15) is 25.3 Å². The third kappa shape index (κ3) is 3.85. The van der Waals surface area contributed by atoms with Crippen LogP contribution in [-0.4, -0.2) is 37.7 Å². The first kappa shape index (κ1) is 14.6. The summed E-state index contributed by atoms with van der Waals surface area (Å²) in [5, 5.41) is 4.31. The predicted octanol–water partition coefficient (Wildman–Crippen LogP) is 2.92. The Bertz CT molecular complexity index is 425. The third-order valence-electron chi connectivity index (χ3n) is 4.02. The lowest BCUT2D eigenvalue weighted by molar-refractivity contribution is 0.168. The van der Waals surface area contributed by atoms with Crippen molar-refractivity contribution in [3.8, 4) is 5.75 Å². The Morgan fingerprint density at radius 2 is 2.26 bits per heavy atom. The standard InChI is InChI=1S/C15H23ClN2O/c1-11-8-13(6-7-18(11)2)17-10-12-4-5-15(19-3)14(16)9-12/h4-5,9,11,13,17H,6-8,10H2,1-3H3. The third-order valence-corrected chi connectivity index (χ3v) is 4.31. The van der Waals surface area contributed by atoms with Crippen molar-refractivity contribution in [2.24, 2.45) is 0 Å². The maximum atomic E-state index is 6.13. The van der Waals surface area contributed by atoms with Crippen LogP contribution < -0.4 is 10.1 Å². The molecule has 2 rings (SSSR count). The zero-order valence-electron chi connectivity index (χ0n) is 11.9. The number of hydrogen-bond acceptors (Lipinski definition) is 3. The van der Waals surface area contributed by atoms with Gasteiger partial charge >= 0.3 is 0 Å². The summed E-state index contributed by atoms with van der Waals surface area (Å²) >= 11 is 6.13. The Balaban J connectivity index is 1.87. The van der Waals surface area contributed by atoms with Gasteiger partial charge in [-0.15, -0.1) is 0 Å². The average molecular weight is 283 g/mol. The van der Waals surface area contributed by atoms with E-state index < -0.39 is 0 Å². The molecular weight excluding hydrogens is 260 g/mol. The molecule has 1 aliphatic heterocycles. The molecule has 0 amide bonds. The van der Waals surface area contributed by atoms with Crippen molar-refractivity contribution in [2.45, 2.75) is 38.4 Å². The van der Waals surface area contributed by atoms with Gasteiger partial charge in [-0.25, -0.2) is 0 Å². The van der Waals surface area contributed by atoms with E-state index in [2.05, 4.69) is 30.3 Å². The lowest BCUT2D eigenvalue weighted by Crippen LogP contribution is -2.45. The molecule has 0 saturated carbocycles. The number of nitrogens with zero attached hydrogens (tertiary/aromatic N) is 1. The van der Waals surface area contributed by atoms with Crippen molar-refractivity contribution in [1.82, 2.24) is 10.2 Å². The van der Waals surface area contributed by atoms with Crippen LogP contribution in [0.3, 0.4) is 0 Å². The van der Waals surface area contributed by atoms with E-state index in [1.165, 1.54) is 24.9 Å². The SMILES string of the molecule is COc1ccc(CNC2CCN(C)C(C)C2)cc1Cl. The first-order valence-electron chi connectivity index (χ1n) is 6.86. The highest BCUT2D eigenvalue weighted by Gasteiger charge is 2.22. The van der Waals surface area contributed by atoms with E-state index in [-0.39, 0.29) is 0 Å². The lowest BCUT2D eigenvalue weighted by atomic mass is 9.99. The number of halogens is 1. The minimum atomic E-state index is 0.604. The molecule has 0 aliphatic carbocycles. The fourth-order valence-corrected chi connectivity index (χ4v) is 2.84. The number of benzene rings is 1. The van der Waals surface area contributed by atoms with Gasteiger partial charge in [0.25, 0.3) is 0 Å². The molecule has 4 heteroatoms. The van der Waals surface area contributed by atoms with Gasteiger partial charge in [0.2, 0.25) is 0 Å². The van der Waals surface area contributed by atoms with Crippen LogP contribution in [0.5, 0.6) is 5.75 Å². The molecule has 2 atom stereocenters. The van der Waals surface area contributed by atoms with Crippen molar-refractivity contribution in [2.75, 3.05) is 20.7 Å². The topological polar surface area (TPSA) is 24.5 Å². The summed E-state index contributed by atoms with van der Waals surface area (Å²) in [4.78, 5) is 2.42. The maximum Gasteiger partial charge on any atom is 0.137 e. The number of ether oxygens (including phenoxy) is 1. The number of likely N-dealkylation sites (tertiary alicyclic amines) is 1. The lowest BCUT2D eigenvalue weighted by Gasteiger charge is -2.35. The number of hydrogen-bond donors (Lipinski definition) is 1. The molecule has 19 heavy (non-hydrogen) atoms. The molecule has 0 spiro atoms. The van der Waals surface area contributed by atoms with Gasteiger partial charge in [-0.2, -0.15) is 0 Å². The van der Waals surface area contributed by atoms with Gasteiger partial charge in [0.15, 0.2) is 0 Å². The summed E-state index contributed by atoms with van der Waals surface area (Å²) in [6.45, 7) is 4.32. The summed E-state index contributed by atoms with van der Waals surface area (Å²) in [5.74, 6) is 0.735. The highest BCUT2D eigenvalue weighted by Crippen LogP contribution is 2.25. The van der Waals surface area contributed by atoms with Crippen LogP contribution in [0.2, 0.25) is 5.02 Å². The summed E-state index contributed by atoms with van der Waals surface area (Å²) in [7, 11) is 3.84. The van der Waals surface area contributed by atoms with Crippen LogP contribution in [0.4, 0.5) is 0 Å². The molecule has 1 fully saturated rings. The Morgan fingerprint density at radius 1 is 1.47 bits per heavy atom. The number of piperidine rings is 1. The second-order valence-corrected chi connectivity index (χ2v) is 5.81. The predicted molar refractivity (Wildman–Crippen MR) is 80.0 cm³/mol. The number of methoxy groups -OCH3 is 1. The van der Waals surface area contributed by atoms with E-state index in [1.807, 2.05) is 12.1 Å². The molecule has 1 aliphatic rings. The molecule has 0 bridgehead atoms. The zero-order valence-corrected chi connectivity index (χ0v) is 12.7. The molecule has 1 saturated heterocycles. The molecule has 0 aromatic heterocycles. The quantitative estimate of drug-likeness (QED) is 0.919. The van der Waals surface area contributed by atoms with E-state index in [1.54, 1.807) is 7.11 Å². The molecule has 3 nitrogen and oxygen atoms in total. The van der Waals surface area contributed by atoms with Gasteiger partial charge in [-0.05, 0) is 51.1 Å². The summed E-state index contributed by atoms with van der Waals surface area (Å²) in [6, 6.07) is 7.23. The van der Waals surface area contributed by atoms with Crippen molar-refractivity contribution in [3.05, 3.63) is 28.8 Å². The zero-order chi connectivity index (χ0) is 13.8. The van der Waals surface area contributed by atoms with Crippen LogP contribution in [0.15, 0.2) is 18.2 Å². The normalized spacial score (nSPS) is 24.4. The molecule has 1 heterocycles. The van der Waals surface area contributed by atoms with Crippen molar-refractivity contribution >= 4 is 11.6 Å². The number of rotatable bonds is 4. The number of nitrogens with one attached hydrogen (secondary N) is 1. The van der Waals surface area contributed by atoms with Gasteiger partial charge in [-0.3, -0.25) is 0 Å². The van der Waals surface area contributed by atoms with E-state index in [4.69, 9.17) is 16.3 Å². The Morgan fingerprint density at radius 3 is 2.89 bits per heavy atom. The first-order valence-corrected chi connectivity index (χ1v) is 7.24. The van der Waals surface area contributed by atoms with Gasteiger partial charge in [0.05, 0.1) is 12.1 Å². The molecule has 1 aromatic carbocycles. The highest BCUT2D eigenvalue weighted by molar-refractivity contribution is 6.32. The average Bonchev–Trinajstić information content (AvgIpc) is 2.40. The Hall–Kier alpha value is -0.770. The Kier molecular flexibility index (Phi) is 5.08. The van der Waals surface area contributed by atoms with Gasteiger partial charge in [0.1, 0.15) is 5.75 Å². The summed E-state index contributed by atoms with van der Waals surface area (Å²) in [5.41, 5.74) is 1.21. The van der Waals surface area contributed by atoms with E-state index >= 15 is 0 Å². The van der Waals surface area contributed by atoms with E-state index in [9.17, 15) is 0 Å². The molecule has 106 valence electrons. The van der Waals surface area contributed by atoms with E-state index in [0.717, 1.165) is 12.3 Å². The minimum Gasteiger partial charge on any atom is -0.495 e. The fraction of sp³-hybridized carbons (Fsp3) is 0.600. The van der Waals surface area contributed by atoms with Gasteiger partial charge in [-0.1, -0.05) is 17.7 Å². The van der Waals surface area contributed by atoms with Crippen LogP contribution in [0, 0.1) is 0 Å². The van der Waals surface area contributed by atoms with Crippen molar-refractivity contribution in [1.29, 1.82) is 0 Å². The first-order chi connectivity index (χ1) is 9.10. The second-order valence-electron chi connectivity index (χ2n) is 5.40. The van der Waals surface area contributed by atoms with Crippen LogP contribution >= 0.6 is 11.6 Å². The maximum absolute atomic E-state index is 6.13. The molecule has 0 radical (unpaired) electrons. The van der Waals surface area contributed by atoms with E-state index in [0.29, 0.717) is 17.1 Å². The Labute approximate surface area is 120 Å². The smallest absolute Gasteiger partial charge is 0.137 e. The van der Waals surface area contributed by atoms with Crippen molar-refractivity contribution in [3.63, 3.8) is 0 Å². The van der Waals surface area contributed by atoms with Gasteiger partial charge < -0.3 is 15.0 Å². The fourth-order valence-electron chi connectivity index (χ4n) is 2.56. The van der Waals surface area contributed by atoms with Crippen LogP contribution in [-0.2, 0) is 6.54 Å². The molecule has 2 unspecified atom stereocenters. The monoisotopic (exact) mass is 282 g/mol. The summed E-state index contributed by atoms with van der Waals surface area (Å²) < 4.78 is 5.16. The second kappa shape index (κ2) is 6.60. The molecule has 1 N–H and O–H groups in total. The largest absolute Gasteiger partial charge is 0.495 e. The highest BCUT2D eigenvalue weighted by atomic mass is 35.5. The van der Waals surface area contributed by atoms with Crippen molar-refractivity contribution < 1.29 is 4.74 Å². The minimum absolute atomic E-state index is 0.604. The van der Waals surface area contributed by atoms with Crippen LogP contribution in [0.25, 0.3) is 0 Å². The summed E-state index contributed by atoms with van der Waals surface area (Å²) in [6.07, 6.45) is 2.42. The van der Waals surface area contributed by atoms with Gasteiger partial charge in [0, 0.05) is 18.6 Å². The molecule has 1 aromatic rings. The molecular formula is C15H23ClN2O.